The van der Waals surface area contributed by atoms with E-state index in [1.807, 2.05) is 31.2 Å². The monoisotopic (exact) mass is 261 g/mol. The van der Waals surface area contributed by atoms with E-state index in [-0.39, 0.29) is 6.04 Å². The number of aromatic nitrogens is 2. The fraction of sp³-hybridized carbons (Fsp3) is 0.429. The van der Waals surface area contributed by atoms with Crippen LogP contribution in [0.2, 0.25) is 0 Å². The van der Waals surface area contributed by atoms with Crippen molar-refractivity contribution in [2.75, 3.05) is 7.11 Å². The molecule has 1 atom stereocenters. The zero-order valence-corrected chi connectivity index (χ0v) is 11.3. The molecule has 2 aromatic rings. The van der Waals surface area contributed by atoms with E-state index in [1.54, 1.807) is 7.11 Å². The number of hydrogen-bond acceptors (Lipinski definition) is 5. The molecule has 19 heavy (non-hydrogen) atoms. The molecule has 2 N–H and O–H groups in total. The van der Waals surface area contributed by atoms with E-state index in [1.165, 1.54) is 5.56 Å². The Labute approximate surface area is 112 Å². The van der Waals surface area contributed by atoms with Gasteiger partial charge < -0.3 is 14.9 Å². The first-order chi connectivity index (χ1) is 9.22. The fourth-order valence-corrected chi connectivity index (χ4v) is 1.74. The van der Waals surface area contributed by atoms with Crippen molar-refractivity contribution >= 4 is 0 Å². The highest BCUT2D eigenvalue weighted by Gasteiger charge is 2.12. The largest absolute Gasteiger partial charge is 0.497 e. The van der Waals surface area contributed by atoms with Gasteiger partial charge >= 0.3 is 0 Å². The summed E-state index contributed by atoms with van der Waals surface area (Å²) in [5.74, 6) is 2.01. The van der Waals surface area contributed by atoms with E-state index < -0.39 is 0 Å². The van der Waals surface area contributed by atoms with Gasteiger partial charge in [0.05, 0.1) is 13.2 Å². The van der Waals surface area contributed by atoms with Gasteiger partial charge in [0.2, 0.25) is 11.8 Å². The number of ether oxygens (including phenoxy) is 1. The van der Waals surface area contributed by atoms with Crippen LogP contribution in [-0.4, -0.2) is 17.3 Å². The quantitative estimate of drug-likeness (QED) is 0.863. The van der Waals surface area contributed by atoms with Gasteiger partial charge in [0, 0.05) is 6.42 Å². The highest BCUT2D eigenvalue weighted by Crippen LogP contribution is 2.15. The van der Waals surface area contributed by atoms with Crippen LogP contribution >= 0.6 is 0 Å². The van der Waals surface area contributed by atoms with Crippen molar-refractivity contribution in [3.8, 4) is 5.75 Å². The van der Waals surface area contributed by atoms with Crippen LogP contribution in [0.5, 0.6) is 5.75 Å². The summed E-state index contributed by atoms with van der Waals surface area (Å²) in [6.45, 7) is 1.99. The maximum Gasteiger partial charge on any atom is 0.233 e. The number of benzene rings is 1. The van der Waals surface area contributed by atoms with Crippen molar-refractivity contribution in [1.82, 2.24) is 10.2 Å². The predicted molar refractivity (Wildman–Crippen MR) is 71.9 cm³/mol. The summed E-state index contributed by atoms with van der Waals surface area (Å²) in [7, 11) is 1.66. The van der Waals surface area contributed by atoms with E-state index in [2.05, 4.69) is 10.2 Å². The molecule has 0 amide bonds. The van der Waals surface area contributed by atoms with Crippen LogP contribution in [0, 0.1) is 0 Å². The van der Waals surface area contributed by atoms with Gasteiger partial charge in [-0.05, 0) is 30.5 Å². The lowest BCUT2D eigenvalue weighted by molar-refractivity contribution is 0.412. The summed E-state index contributed by atoms with van der Waals surface area (Å²) < 4.78 is 10.7. The number of hydrogen-bond donors (Lipinski definition) is 1. The molecule has 5 heteroatoms. The minimum atomic E-state index is -0.165. The standard InChI is InChI=1S/C14H19N3O2/c1-3-12(15)14-17-16-13(19-14)9-6-10-4-7-11(18-2)8-5-10/h4-5,7-8,12H,3,6,9,15H2,1-2H3. The van der Waals surface area contributed by atoms with Gasteiger partial charge in [-0.1, -0.05) is 19.1 Å². The Morgan fingerprint density at radius 3 is 2.58 bits per heavy atom. The molecule has 1 aromatic carbocycles. The van der Waals surface area contributed by atoms with Gasteiger partial charge in [-0.3, -0.25) is 0 Å². The molecule has 0 saturated heterocycles. The Morgan fingerprint density at radius 1 is 1.21 bits per heavy atom. The topological polar surface area (TPSA) is 74.2 Å². The number of nitrogens with zero attached hydrogens (tertiary/aromatic N) is 2. The van der Waals surface area contributed by atoms with Gasteiger partial charge in [0.1, 0.15) is 5.75 Å². The van der Waals surface area contributed by atoms with Gasteiger partial charge in [-0.15, -0.1) is 10.2 Å². The average Bonchev–Trinajstić information content (AvgIpc) is 2.93. The second kappa shape index (κ2) is 6.33. The lowest BCUT2D eigenvalue weighted by Crippen LogP contribution is -2.08. The van der Waals surface area contributed by atoms with Gasteiger partial charge in [-0.2, -0.15) is 0 Å². The molecule has 0 spiro atoms. The maximum absolute atomic E-state index is 5.84. The zero-order valence-electron chi connectivity index (χ0n) is 11.3. The Bertz CT molecular complexity index is 508. The van der Waals surface area contributed by atoms with Crippen LogP contribution in [0.25, 0.3) is 0 Å². The molecule has 0 radical (unpaired) electrons. The zero-order chi connectivity index (χ0) is 13.7. The molecule has 2 rings (SSSR count). The molecule has 0 aliphatic rings. The van der Waals surface area contributed by atoms with Crippen molar-refractivity contribution < 1.29 is 9.15 Å². The second-order valence-corrected chi connectivity index (χ2v) is 4.40. The summed E-state index contributed by atoms with van der Waals surface area (Å²) in [5.41, 5.74) is 7.05. The van der Waals surface area contributed by atoms with Crippen LogP contribution in [-0.2, 0) is 12.8 Å². The number of aryl methyl sites for hydroxylation is 2. The molecule has 5 nitrogen and oxygen atoms in total. The smallest absolute Gasteiger partial charge is 0.233 e. The third-order valence-corrected chi connectivity index (χ3v) is 3.03. The SMILES string of the molecule is CCC(N)c1nnc(CCc2ccc(OC)cc2)o1. The molecule has 1 heterocycles. The van der Waals surface area contributed by atoms with Crippen molar-refractivity contribution in [2.24, 2.45) is 5.73 Å². The molecule has 0 aliphatic heterocycles. The van der Waals surface area contributed by atoms with E-state index in [0.717, 1.165) is 25.0 Å². The predicted octanol–water partition coefficient (Wildman–Crippen LogP) is 2.27. The van der Waals surface area contributed by atoms with E-state index in [9.17, 15) is 0 Å². The highest BCUT2D eigenvalue weighted by molar-refractivity contribution is 5.27. The first-order valence-electron chi connectivity index (χ1n) is 6.43. The summed E-state index contributed by atoms with van der Waals surface area (Å²) in [6.07, 6.45) is 2.36. The van der Waals surface area contributed by atoms with Crippen molar-refractivity contribution in [2.45, 2.75) is 32.2 Å². The minimum Gasteiger partial charge on any atom is -0.497 e. The lowest BCUT2D eigenvalue weighted by atomic mass is 10.1. The van der Waals surface area contributed by atoms with Crippen LogP contribution in [0.4, 0.5) is 0 Å². The first kappa shape index (κ1) is 13.5. The van der Waals surface area contributed by atoms with Gasteiger partial charge in [0.25, 0.3) is 0 Å². The minimum absolute atomic E-state index is 0.165. The first-order valence-corrected chi connectivity index (χ1v) is 6.43. The maximum atomic E-state index is 5.84. The number of rotatable bonds is 6. The molecule has 0 saturated carbocycles. The lowest BCUT2D eigenvalue weighted by Gasteiger charge is -2.02. The number of methoxy groups -OCH3 is 1. The van der Waals surface area contributed by atoms with E-state index >= 15 is 0 Å². The van der Waals surface area contributed by atoms with E-state index in [0.29, 0.717) is 11.8 Å². The molecule has 102 valence electrons. The molecule has 1 unspecified atom stereocenters. The van der Waals surface area contributed by atoms with E-state index in [4.69, 9.17) is 14.9 Å². The Kier molecular flexibility index (Phi) is 4.52. The fourth-order valence-electron chi connectivity index (χ4n) is 1.74. The Morgan fingerprint density at radius 2 is 1.95 bits per heavy atom. The third-order valence-electron chi connectivity index (χ3n) is 3.03. The summed E-state index contributed by atoms with van der Waals surface area (Å²) in [4.78, 5) is 0. The molecule has 0 aliphatic carbocycles. The van der Waals surface area contributed by atoms with Crippen LogP contribution in [0.15, 0.2) is 28.7 Å². The van der Waals surface area contributed by atoms with Crippen molar-refractivity contribution in [1.29, 1.82) is 0 Å². The van der Waals surface area contributed by atoms with Crippen LogP contribution < -0.4 is 10.5 Å². The third kappa shape index (κ3) is 3.54. The normalized spacial score (nSPS) is 12.4. The Balaban J connectivity index is 1.92. The Hall–Kier alpha value is -1.88. The van der Waals surface area contributed by atoms with Crippen LogP contribution in [0.1, 0.15) is 36.7 Å². The molecule has 0 bridgehead atoms. The highest BCUT2D eigenvalue weighted by atomic mass is 16.5. The summed E-state index contributed by atoms with van der Waals surface area (Å²) in [5, 5.41) is 7.98. The number of nitrogens with two attached hydrogens (primary N) is 1. The molecule has 0 fully saturated rings. The molecular formula is C14H19N3O2. The van der Waals surface area contributed by atoms with Gasteiger partial charge in [0.15, 0.2) is 0 Å². The van der Waals surface area contributed by atoms with Crippen LogP contribution in [0.3, 0.4) is 0 Å². The summed E-state index contributed by atoms with van der Waals surface area (Å²) in [6, 6.07) is 7.80. The van der Waals surface area contributed by atoms with Gasteiger partial charge in [-0.25, -0.2) is 0 Å². The summed E-state index contributed by atoms with van der Waals surface area (Å²) >= 11 is 0. The molecule has 1 aromatic heterocycles. The van der Waals surface area contributed by atoms with Crippen molar-refractivity contribution in [3.63, 3.8) is 0 Å². The average molecular weight is 261 g/mol. The van der Waals surface area contributed by atoms with Crippen molar-refractivity contribution in [3.05, 3.63) is 41.6 Å². The second-order valence-electron chi connectivity index (χ2n) is 4.40. The molecular weight excluding hydrogens is 242 g/mol.